The van der Waals surface area contributed by atoms with Crippen LogP contribution < -0.4 is 9.47 Å². The smallest absolute Gasteiger partial charge is 0.233 e. The molecule has 5 rings (SSSR count). The van der Waals surface area contributed by atoms with E-state index in [1.54, 1.807) is 18.2 Å². The Morgan fingerprint density at radius 3 is 2.68 bits per heavy atom. The molecule has 3 heterocycles. The summed E-state index contributed by atoms with van der Waals surface area (Å²) < 4.78 is 23.8. The van der Waals surface area contributed by atoms with E-state index in [1.807, 2.05) is 23.1 Å². The Bertz CT molecular complexity index is 1180. The monoisotopic (exact) mass is 481 g/mol. The van der Waals surface area contributed by atoms with Crippen LogP contribution in [0.4, 0.5) is 4.39 Å². The van der Waals surface area contributed by atoms with Gasteiger partial charge in [-0.25, -0.2) is 9.37 Å². The minimum atomic E-state index is -0.272. The van der Waals surface area contributed by atoms with Gasteiger partial charge in [-0.3, -0.25) is 14.8 Å². The number of halogens is 1. The van der Waals surface area contributed by atoms with Crippen LogP contribution in [-0.2, 0) is 11.3 Å². The summed E-state index contributed by atoms with van der Waals surface area (Å²) in [7, 11) is 0. The van der Waals surface area contributed by atoms with E-state index >= 15 is 0 Å². The number of aromatic amines is 1. The lowest BCUT2D eigenvalue weighted by molar-refractivity contribution is -0.130. The number of piperazine rings is 1. The molecule has 1 amide bonds. The molecule has 0 saturated carbocycles. The molecule has 8 nitrogen and oxygen atoms in total. The lowest BCUT2D eigenvalue weighted by Gasteiger charge is -2.34. The van der Waals surface area contributed by atoms with Crippen LogP contribution in [0.2, 0.25) is 0 Å². The van der Waals surface area contributed by atoms with Crippen LogP contribution >= 0.6 is 11.8 Å². The van der Waals surface area contributed by atoms with Crippen molar-refractivity contribution in [2.45, 2.75) is 11.7 Å². The first-order valence-electron chi connectivity index (χ1n) is 11.0. The third-order valence-corrected chi connectivity index (χ3v) is 6.51. The maximum atomic E-state index is 13.0. The number of benzene rings is 2. The Morgan fingerprint density at radius 1 is 1.06 bits per heavy atom. The number of fused-ring (bicyclic) bond motifs is 1. The highest BCUT2D eigenvalue weighted by Crippen LogP contribution is 2.32. The van der Waals surface area contributed by atoms with Crippen LogP contribution in [0, 0.1) is 5.82 Å². The summed E-state index contributed by atoms with van der Waals surface area (Å²) in [6.07, 6.45) is 3.59. The van der Waals surface area contributed by atoms with E-state index in [9.17, 15) is 9.18 Å². The third kappa shape index (κ3) is 5.57. The van der Waals surface area contributed by atoms with Gasteiger partial charge in [0, 0.05) is 32.7 Å². The molecule has 0 atom stereocenters. The number of hydrogen-bond acceptors (Lipinski definition) is 7. The maximum absolute atomic E-state index is 13.0. The van der Waals surface area contributed by atoms with Crippen molar-refractivity contribution in [1.29, 1.82) is 0 Å². The van der Waals surface area contributed by atoms with Gasteiger partial charge in [0.05, 0.1) is 5.75 Å². The Morgan fingerprint density at radius 2 is 1.85 bits per heavy atom. The molecular weight excluding hydrogens is 457 g/mol. The number of amides is 1. The first-order valence-corrected chi connectivity index (χ1v) is 12.0. The van der Waals surface area contributed by atoms with Crippen molar-refractivity contribution in [2.75, 3.05) is 38.7 Å². The number of carbonyl (C=O) groups is 1. The second-order valence-electron chi connectivity index (χ2n) is 8.02. The molecule has 1 saturated heterocycles. The number of aromatic nitrogens is 3. The number of carbonyl (C=O) groups excluding carboxylic acids is 1. The molecule has 176 valence electrons. The highest BCUT2D eigenvalue weighted by molar-refractivity contribution is 7.99. The van der Waals surface area contributed by atoms with Crippen molar-refractivity contribution in [3.63, 3.8) is 0 Å². The SMILES string of the molecule is O=C(CSc1n[nH]c(/C=C/c2ccc(F)cc2)n1)N1CCN(Cc2ccc3c(c2)OCO3)CC1. The highest BCUT2D eigenvalue weighted by Gasteiger charge is 2.22. The number of ether oxygens (including phenoxy) is 2. The quantitative estimate of drug-likeness (QED) is 0.519. The fourth-order valence-corrected chi connectivity index (χ4v) is 4.52. The zero-order chi connectivity index (χ0) is 23.3. The molecule has 0 spiro atoms. The van der Waals surface area contributed by atoms with Gasteiger partial charge in [0.25, 0.3) is 0 Å². The molecule has 0 aliphatic carbocycles. The van der Waals surface area contributed by atoms with Gasteiger partial charge in [-0.1, -0.05) is 36.0 Å². The van der Waals surface area contributed by atoms with Gasteiger partial charge in [0.15, 0.2) is 11.5 Å². The number of thioether (sulfide) groups is 1. The molecular formula is C24H24FN5O3S. The van der Waals surface area contributed by atoms with Crippen LogP contribution in [0.3, 0.4) is 0 Å². The molecule has 1 N–H and O–H groups in total. The van der Waals surface area contributed by atoms with Gasteiger partial charge in [0.1, 0.15) is 11.6 Å². The Labute approximate surface area is 200 Å². The van der Waals surface area contributed by atoms with E-state index in [2.05, 4.69) is 26.1 Å². The molecule has 2 aliphatic heterocycles. The number of H-pyrrole nitrogens is 1. The van der Waals surface area contributed by atoms with Crippen LogP contribution in [0.15, 0.2) is 47.6 Å². The topological polar surface area (TPSA) is 83.6 Å². The number of hydrogen-bond donors (Lipinski definition) is 1. The van der Waals surface area contributed by atoms with Crippen LogP contribution in [0.1, 0.15) is 17.0 Å². The zero-order valence-electron chi connectivity index (χ0n) is 18.4. The molecule has 2 aromatic carbocycles. The fraction of sp³-hybridized carbons (Fsp3) is 0.292. The molecule has 0 unspecified atom stereocenters. The molecule has 10 heteroatoms. The second kappa shape index (κ2) is 10.3. The lowest BCUT2D eigenvalue weighted by Crippen LogP contribution is -2.48. The summed E-state index contributed by atoms with van der Waals surface area (Å²) in [5.41, 5.74) is 2.04. The van der Waals surface area contributed by atoms with Gasteiger partial charge in [-0.05, 0) is 41.5 Å². The molecule has 3 aromatic rings. The first kappa shape index (κ1) is 22.4. The largest absolute Gasteiger partial charge is 0.454 e. The second-order valence-corrected chi connectivity index (χ2v) is 8.96. The maximum Gasteiger partial charge on any atom is 0.233 e. The molecule has 0 bridgehead atoms. The average Bonchev–Trinajstić information content (AvgIpc) is 3.52. The van der Waals surface area contributed by atoms with Gasteiger partial charge in [0.2, 0.25) is 17.9 Å². The highest BCUT2D eigenvalue weighted by atomic mass is 32.2. The summed E-state index contributed by atoms with van der Waals surface area (Å²) in [4.78, 5) is 21.3. The van der Waals surface area contributed by atoms with Crippen molar-refractivity contribution < 1.29 is 18.7 Å². The molecule has 0 radical (unpaired) electrons. The number of rotatable bonds is 7. The Hall–Kier alpha value is -3.37. The standard InChI is InChI=1S/C24H24FN5O3S/c25-19-5-1-17(2-6-19)4-8-22-26-24(28-27-22)34-15-23(31)30-11-9-29(10-12-30)14-18-3-7-20-21(13-18)33-16-32-20/h1-8,13H,9-12,14-16H2,(H,26,27,28)/b8-4+. The first-order chi connectivity index (χ1) is 16.6. The van der Waals surface area contributed by atoms with E-state index in [-0.39, 0.29) is 18.5 Å². The minimum absolute atomic E-state index is 0.0842. The summed E-state index contributed by atoms with van der Waals surface area (Å²) in [6.45, 7) is 4.14. The van der Waals surface area contributed by atoms with Crippen LogP contribution in [-0.4, -0.2) is 69.6 Å². The van der Waals surface area contributed by atoms with E-state index in [0.717, 1.165) is 36.7 Å². The summed E-state index contributed by atoms with van der Waals surface area (Å²) in [5.74, 6) is 2.27. The summed E-state index contributed by atoms with van der Waals surface area (Å²) >= 11 is 1.31. The fourth-order valence-electron chi connectivity index (χ4n) is 3.82. The lowest BCUT2D eigenvalue weighted by atomic mass is 10.1. The summed E-state index contributed by atoms with van der Waals surface area (Å²) in [5, 5.41) is 7.53. The van der Waals surface area contributed by atoms with E-state index < -0.39 is 0 Å². The predicted octanol–water partition coefficient (Wildman–Crippen LogP) is 3.28. The number of nitrogens with one attached hydrogen (secondary N) is 1. The van der Waals surface area contributed by atoms with Crippen LogP contribution in [0.25, 0.3) is 12.2 Å². The van der Waals surface area contributed by atoms with Gasteiger partial charge >= 0.3 is 0 Å². The predicted molar refractivity (Wildman–Crippen MR) is 127 cm³/mol. The van der Waals surface area contributed by atoms with Crippen molar-refractivity contribution in [3.05, 3.63) is 65.2 Å². The molecule has 34 heavy (non-hydrogen) atoms. The van der Waals surface area contributed by atoms with E-state index in [4.69, 9.17) is 9.47 Å². The number of nitrogens with zero attached hydrogens (tertiary/aromatic N) is 4. The summed E-state index contributed by atoms with van der Waals surface area (Å²) in [6, 6.07) is 12.2. The van der Waals surface area contributed by atoms with Crippen molar-refractivity contribution >= 4 is 29.8 Å². The Balaban J connectivity index is 1.06. The molecule has 1 fully saturated rings. The van der Waals surface area contributed by atoms with Crippen molar-refractivity contribution in [2.24, 2.45) is 0 Å². The van der Waals surface area contributed by atoms with E-state index in [1.165, 1.54) is 29.5 Å². The minimum Gasteiger partial charge on any atom is -0.454 e. The van der Waals surface area contributed by atoms with E-state index in [0.29, 0.717) is 29.8 Å². The van der Waals surface area contributed by atoms with Crippen molar-refractivity contribution in [1.82, 2.24) is 25.0 Å². The van der Waals surface area contributed by atoms with Gasteiger partial charge in [-0.2, -0.15) is 0 Å². The van der Waals surface area contributed by atoms with Crippen LogP contribution in [0.5, 0.6) is 11.5 Å². The zero-order valence-corrected chi connectivity index (χ0v) is 19.3. The average molecular weight is 482 g/mol. The van der Waals surface area contributed by atoms with Gasteiger partial charge < -0.3 is 14.4 Å². The Kier molecular flexibility index (Phi) is 6.77. The third-order valence-electron chi connectivity index (χ3n) is 5.68. The van der Waals surface area contributed by atoms with Gasteiger partial charge in [-0.15, -0.1) is 5.10 Å². The molecule has 2 aliphatic rings. The normalized spacial score (nSPS) is 15.9. The molecule has 1 aromatic heterocycles. The van der Waals surface area contributed by atoms with Crippen molar-refractivity contribution in [3.8, 4) is 11.5 Å².